The van der Waals surface area contributed by atoms with Crippen LogP contribution in [0.2, 0.25) is 5.02 Å². The lowest BCUT2D eigenvalue weighted by molar-refractivity contribution is -0.138. The van der Waals surface area contributed by atoms with Crippen molar-refractivity contribution in [3.05, 3.63) is 95.6 Å². The first-order valence-corrected chi connectivity index (χ1v) is 21.1. The molecule has 3 saturated heterocycles. The molecule has 4 aromatic rings. The highest BCUT2D eigenvalue weighted by atomic mass is 35.5. The Morgan fingerprint density at radius 3 is 2.25 bits per heavy atom. The van der Waals surface area contributed by atoms with Crippen LogP contribution >= 0.6 is 11.6 Å². The molecule has 12 heteroatoms. The average Bonchev–Trinajstić information content (AvgIpc) is 3.25. The number of halogens is 1. The molecule has 3 unspecified atom stereocenters. The lowest BCUT2D eigenvalue weighted by Gasteiger charge is -2.39. The molecule has 4 aliphatic rings. The van der Waals surface area contributed by atoms with Gasteiger partial charge in [0.25, 0.3) is 0 Å². The Hall–Kier alpha value is -4.84. The van der Waals surface area contributed by atoms with Gasteiger partial charge in [0.15, 0.2) is 0 Å². The number of imide groups is 1. The molecule has 4 fully saturated rings. The molecule has 0 bridgehead atoms. The van der Waals surface area contributed by atoms with Gasteiger partial charge in [-0.05, 0) is 92.4 Å². The molecule has 298 valence electrons. The predicted molar refractivity (Wildman–Crippen MR) is 225 cm³/mol. The number of hydrogen-bond donors (Lipinski definition) is 3. The smallest absolute Gasteiger partial charge is 0.249 e. The fourth-order valence-corrected chi connectivity index (χ4v) is 9.15. The molecule has 0 radical (unpaired) electrons. The molecule has 3 N–H and O–H groups in total. The molecular formula is C45H53ClN8O3. The molecule has 0 spiro atoms. The van der Waals surface area contributed by atoms with E-state index in [9.17, 15) is 14.4 Å². The number of likely N-dealkylation sites (tertiary alicyclic amines) is 1. The highest BCUT2D eigenvalue weighted by Gasteiger charge is 2.33. The maximum atomic E-state index is 13.8. The maximum Gasteiger partial charge on any atom is 0.249 e. The summed E-state index contributed by atoms with van der Waals surface area (Å²) in [6.07, 6.45) is 8.51. The second kappa shape index (κ2) is 18.2. The van der Waals surface area contributed by atoms with Gasteiger partial charge in [-0.2, -0.15) is 0 Å². The quantitative estimate of drug-likeness (QED) is 0.143. The minimum absolute atomic E-state index is 0.0104. The van der Waals surface area contributed by atoms with Crippen molar-refractivity contribution in [1.29, 1.82) is 0 Å². The maximum absolute atomic E-state index is 13.8. The van der Waals surface area contributed by atoms with Crippen molar-refractivity contribution >= 4 is 41.0 Å². The van der Waals surface area contributed by atoms with Gasteiger partial charge in [-0.15, -0.1) is 0 Å². The Balaban J connectivity index is 0.758. The molecule has 11 nitrogen and oxygen atoms in total. The first-order chi connectivity index (χ1) is 27.8. The summed E-state index contributed by atoms with van der Waals surface area (Å²) >= 11 is 6.63. The average molecular weight is 789 g/mol. The van der Waals surface area contributed by atoms with E-state index in [1.807, 2.05) is 30.3 Å². The van der Waals surface area contributed by atoms with Gasteiger partial charge in [-0.3, -0.25) is 24.6 Å². The molecule has 3 aromatic carbocycles. The molecule has 3 amide bonds. The molecular weight excluding hydrogens is 736 g/mol. The van der Waals surface area contributed by atoms with E-state index in [4.69, 9.17) is 16.6 Å². The fraction of sp³-hybridized carbons (Fsp3) is 0.444. The lowest BCUT2D eigenvalue weighted by atomic mass is 9.84. The SMILES string of the molecule is O=C1CCC(Nc2ccc(C3CCN(CCN4CCN(C(=O)C5CCCC(Nc6ncc(Cl)c(-c7cccc(-c8ccccc8)c7)n6)C5)CC4)CC3)cc2)C(=O)N1. The number of rotatable bonds is 11. The summed E-state index contributed by atoms with van der Waals surface area (Å²) in [5.74, 6) is 0.939. The number of nitrogens with one attached hydrogen (secondary N) is 3. The topological polar surface area (TPSA) is 123 Å². The number of anilines is 2. The summed E-state index contributed by atoms with van der Waals surface area (Å²) in [5.41, 5.74) is 6.13. The molecule has 1 aromatic heterocycles. The minimum atomic E-state index is -0.365. The molecule has 8 rings (SSSR count). The van der Waals surface area contributed by atoms with Crippen molar-refractivity contribution < 1.29 is 14.4 Å². The number of benzene rings is 3. The number of nitrogens with zero attached hydrogens (tertiary/aromatic N) is 5. The van der Waals surface area contributed by atoms with Gasteiger partial charge in [0, 0.05) is 68.9 Å². The van der Waals surface area contributed by atoms with Crippen LogP contribution in [0.5, 0.6) is 0 Å². The molecule has 57 heavy (non-hydrogen) atoms. The first-order valence-electron chi connectivity index (χ1n) is 20.7. The van der Waals surface area contributed by atoms with Crippen LogP contribution in [0.25, 0.3) is 22.4 Å². The number of amides is 3. The number of hydrogen-bond acceptors (Lipinski definition) is 9. The van der Waals surface area contributed by atoms with Crippen LogP contribution in [0.3, 0.4) is 0 Å². The zero-order valence-electron chi connectivity index (χ0n) is 32.5. The van der Waals surface area contributed by atoms with Crippen molar-refractivity contribution in [2.75, 3.05) is 63.0 Å². The van der Waals surface area contributed by atoms with Crippen LogP contribution < -0.4 is 16.0 Å². The van der Waals surface area contributed by atoms with Crippen LogP contribution in [0.1, 0.15) is 62.8 Å². The Kier molecular flexibility index (Phi) is 12.4. The highest BCUT2D eigenvalue weighted by Crippen LogP contribution is 2.33. The van der Waals surface area contributed by atoms with Crippen LogP contribution in [0.15, 0.2) is 85.1 Å². The van der Waals surface area contributed by atoms with Crippen molar-refractivity contribution in [2.24, 2.45) is 5.92 Å². The number of aromatic nitrogens is 2. The predicted octanol–water partition coefficient (Wildman–Crippen LogP) is 6.68. The Morgan fingerprint density at radius 2 is 1.49 bits per heavy atom. The number of piperazine rings is 1. The Bertz CT molecular complexity index is 2010. The van der Waals surface area contributed by atoms with E-state index >= 15 is 0 Å². The third-order valence-electron chi connectivity index (χ3n) is 12.3. The molecule has 3 aliphatic heterocycles. The summed E-state index contributed by atoms with van der Waals surface area (Å²) < 4.78 is 0. The van der Waals surface area contributed by atoms with Crippen molar-refractivity contribution in [1.82, 2.24) is 30.0 Å². The van der Waals surface area contributed by atoms with Crippen LogP contribution in [-0.4, -0.2) is 107 Å². The largest absolute Gasteiger partial charge is 0.374 e. The van der Waals surface area contributed by atoms with Gasteiger partial charge < -0.3 is 20.4 Å². The van der Waals surface area contributed by atoms with E-state index in [1.54, 1.807) is 6.20 Å². The third-order valence-corrected chi connectivity index (χ3v) is 12.6. The summed E-state index contributed by atoms with van der Waals surface area (Å²) in [5, 5.41) is 9.74. The van der Waals surface area contributed by atoms with Gasteiger partial charge in [-0.1, -0.05) is 78.7 Å². The standard InChI is InChI=1S/C45H53ClN8O3/c46-39-30-47-45(51-42(39)35-9-4-8-34(28-35)31-6-2-1-3-7-31)49-38-11-5-10-36(29-38)44(57)54-26-24-53(25-27-54)23-22-52-20-18-33(19-21-52)32-12-14-37(15-13-32)48-40-16-17-41(55)50-43(40)56/h1-4,6-9,12-15,28,30,33,36,38,40,48H,5,10-11,16-27,29H2,(H,47,49,51)(H,50,55,56). The van der Waals surface area contributed by atoms with E-state index < -0.39 is 0 Å². The normalized spacial score (nSPS) is 22.5. The molecule has 4 heterocycles. The van der Waals surface area contributed by atoms with E-state index in [-0.39, 0.29) is 29.8 Å². The molecule has 1 aliphatic carbocycles. The Morgan fingerprint density at radius 1 is 0.772 bits per heavy atom. The van der Waals surface area contributed by atoms with Gasteiger partial charge in [0.1, 0.15) is 6.04 Å². The first kappa shape index (κ1) is 39.0. The zero-order valence-corrected chi connectivity index (χ0v) is 33.3. The Labute approximate surface area is 340 Å². The summed E-state index contributed by atoms with van der Waals surface area (Å²) in [4.78, 5) is 53.9. The summed E-state index contributed by atoms with van der Waals surface area (Å²) in [7, 11) is 0. The van der Waals surface area contributed by atoms with Crippen LogP contribution in [-0.2, 0) is 14.4 Å². The zero-order chi connectivity index (χ0) is 39.1. The number of piperidine rings is 2. The monoisotopic (exact) mass is 788 g/mol. The van der Waals surface area contributed by atoms with Crippen molar-refractivity contribution in [3.63, 3.8) is 0 Å². The summed E-state index contributed by atoms with van der Waals surface area (Å²) in [6, 6.07) is 26.8. The molecule has 1 saturated carbocycles. The van der Waals surface area contributed by atoms with E-state index in [1.165, 1.54) is 5.56 Å². The second-order valence-corrected chi connectivity index (χ2v) is 16.5. The van der Waals surface area contributed by atoms with E-state index in [0.29, 0.717) is 41.3 Å². The van der Waals surface area contributed by atoms with E-state index in [2.05, 4.69) is 84.2 Å². The summed E-state index contributed by atoms with van der Waals surface area (Å²) in [6.45, 7) is 7.66. The number of carbonyl (C=O) groups excluding carboxylic acids is 3. The van der Waals surface area contributed by atoms with Crippen LogP contribution in [0, 0.1) is 5.92 Å². The van der Waals surface area contributed by atoms with Crippen molar-refractivity contribution in [3.8, 4) is 22.4 Å². The van der Waals surface area contributed by atoms with Gasteiger partial charge >= 0.3 is 0 Å². The number of carbonyl (C=O) groups is 3. The van der Waals surface area contributed by atoms with Gasteiger partial charge in [-0.25, -0.2) is 9.97 Å². The second-order valence-electron chi connectivity index (χ2n) is 16.1. The highest BCUT2D eigenvalue weighted by molar-refractivity contribution is 6.32. The third kappa shape index (κ3) is 9.83. The molecule has 3 atom stereocenters. The van der Waals surface area contributed by atoms with Crippen molar-refractivity contribution in [2.45, 2.75) is 69.4 Å². The lowest BCUT2D eigenvalue weighted by Crippen LogP contribution is -2.52. The minimum Gasteiger partial charge on any atom is -0.374 e. The fourth-order valence-electron chi connectivity index (χ4n) is 8.95. The van der Waals surface area contributed by atoms with Crippen LogP contribution in [0.4, 0.5) is 11.6 Å². The van der Waals surface area contributed by atoms with Gasteiger partial charge in [0.2, 0.25) is 23.7 Å². The van der Waals surface area contributed by atoms with Gasteiger partial charge in [0.05, 0.1) is 16.9 Å². The van der Waals surface area contributed by atoms with E-state index in [0.717, 1.165) is 113 Å².